The molecular weight excluding hydrogens is 241 g/mol. The summed E-state index contributed by atoms with van der Waals surface area (Å²) in [6.07, 6.45) is 0. The first-order valence-corrected chi connectivity index (χ1v) is 5.90. The Bertz CT molecular complexity index is 701. The molecule has 0 fully saturated rings. The van der Waals surface area contributed by atoms with Gasteiger partial charge in [-0.05, 0) is 30.3 Å². The summed E-state index contributed by atoms with van der Waals surface area (Å²) >= 11 is 0. The molecule has 0 radical (unpaired) electrons. The smallest absolute Gasteiger partial charge is 0.132 e. The molecule has 3 aromatic rings. The number of rotatable bonds is 2. The second-order valence-electron chi connectivity index (χ2n) is 4.27. The quantitative estimate of drug-likeness (QED) is 0.687. The van der Waals surface area contributed by atoms with E-state index >= 15 is 0 Å². The molecule has 0 aliphatic heterocycles. The third kappa shape index (κ3) is 2.20. The Labute approximate surface area is 109 Å². The minimum absolute atomic E-state index is 0.269. The summed E-state index contributed by atoms with van der Waals surface area (Å²) in [6.45, 7) is 0. The van der Waals surface area contributed by atoms with Crippen molar-refractivity contribution < 1.29 is 4.39 Å². The Hall–Kier alpha value is -2.62. The lowest BCUT2D eigenvalue weighted by molar-refractivity contribution is 0.630. The zero-order valence-corrected chi connectivity index (χ0v) is 10.1. The van der Waals surface area contributed by atoms with Crippen molar-refractivity contribution in [3.8, 4) is 22.5 Å². The number of halogens is 1. The van der Waals surface area contributed by atoms with Gasteiger partial charge in [-0.1, -0.05) is 24.3 Å². The average Bonchev–Trinajstić information content (AvgIpc) is 2.89. The largest absolute Gasteiger partial charge is 0.399 e. The molecule has 2 aromatic carbocycles. The van der Waals surface area contributed by atoms with E-state index in [4.69, 9.17) is 5.73 Å². The van der Waals surface area contributed by atoms with Crippen LogP contribution in [-0.2, 0) is 0 Å². The van der Waals surface area contributed by atoms with Crippen molar-refractivity contribution in [2.75, 3.05) is 5.73 Å². The molecule has 0 saturated heterocycles. The van der Waals surface area contributed by atoms with Gasteiger partial charge in [-0.2, -0.15) is 5.10 Å². The number of aromatic nitrogens is 2. The summed E-state index contributed by atoms with van der Waals surface area (Å²) in [5.74, 6) is -0.269. The van der Waals surface area contributed by atoms with Gasteiger partial charge in [-0.25, -0.2) is 4.39 Å². The lowest BCUT2D eigenvalue weighted by Crippen LogP contribution is -1.83. The van der Waals surface area contributed by atoms with E-state index in [1.807, 2.05) is 30.3 Å². The molecule has 0 saturated carbocycles. The molecule has 3 N–H and O–H groups in total. The van der Waals surface area contributed by atoms with Gasteiger partial charge in [0.2, 0.25) is 0 Å². The highest BCUT2D eigenvalue weighted by molar-refractivity contribution is 5.69. The van der Waals surface area contributed by atoms with Gasteiger partial charge in [0.1, 0.15) is 5.82 Å². The lowest BCUT2D eigenvalue weighted by Gasteiger charge is -1.98. The highest BCUT2D eigenvalue weighted by Crippen LogP contribution is 2.25. The highest BCUT2D eigenvalue weighted by Gasteiger charge is 2.08. The van der Waals surface area contributed by atoms with E-state index < -0.39 is 0 Å². The van der Waals surface area contributed by atoms with E-state index in [1.165, 1.54) is 6.07 Å². The normalized spacial score (nSPS) is 10.6. The first-order valence-electron chi connectivity index (χ1n) is 5.90. The maximum Gasteiger partial charge on any atom is 0.132 e. The maximum absolute atomic E-state index is 13.7. The van der Waals surface area contributed by atoms with Crippen LogP contribution in [0.4, 0.5) is 10.1 Å². The number of anilines is 1. The zero-order valence-electron chi connectivity index (χ0n) is 10.1. The molecular formula is C15H12FN3. The number of H-pyrrole nitrogens is 1. The van der Waals surface area contributed by atoms with Crippen molar-refractivity contribution in [3.63, 3.8) is 0 Å². The van der Waals surface area contributed by atoms with Crippen molar-refractivity contribution in [2.45, 2.75) is 0 Å². The third-order valence-electron chi connectivity index (χ3n) is 2.95. The molecule has 0 aliphatic rings. The first kappa shape index (κ1) is 11.5. The number of hydrogen-bond donors (Lipinski definition) is 2. The number of nitrogen functional groups attached to an aromatic ring is 1. The average molecular weight is 253 g/mol. The third-order valence-corrected chi connectivity index (χ3v) is 2.95. The fourth-order valence-corrected chi connectivity index (χ4v) is 1.94. The molecule has 3 nitrogen and oxygen atoms in total. The van der Waals surface area contributed by atoms with Crippen molar-refractivity contribution in [1.82, 2.24) is 10.2 Å². The molecule has 19 heavy (non-hydrogen) atoms. The van der Waals surface area contributed by atoms with Crippen LogP contribution >= 0.6 is 0 Å². The molecule has 0 spiro atoms. The van der Waals surface area contributed by atoms with E-state index in [0.717, 1.165) is 11.3 Å². The molecule has 3 rings (SSSR count). The highest BCUT2D eigenvalue weighted by atomic mass is 19.1. The van der Waals surface area contributed by atoms with Crippen LogP contribution < -0.4 is 5.73 Å². The second-order valence-corrected chi connectivity index (χ2v) is 4.27. The van der Waals surface area contributed by atoms with Crippen LogP contribution in [0.1, 0.15) is 0 Å². The van der Waals surface area contributed by atoms with Crippen LogP contribution in [0.15, 0.2) is 54.6 Å². The van der Waals surface area contributed by atoms with Gasteiger partial charge < -0.3 is 5.73 Å². The molecule has 0 unspecified atom stereocenters. The Kier molecular flexibility index (Phi) is 2.76. The SMILES string of the molecule is Nc1ccc(-c2cc(-c3ccccc3F)[nH]n2)cc1. The summed E-state index contributed by atoms with van der Waals surface area (Å²) in [7, 11) is 0. The Morgan fingerprint density at radius 2 is 1.74 bits per heavy atom. The molecule has 94 valence electrons. The van der Waals surface area contributed by atoms with Gasteiger partial charge in [-0.15, -0.1) is 0 Å². The number of aromatic amines is 1. The van der Waals surface area contributed by atoms with Crippen LogP contribution in [0.25, 0.3) is 22.5 Å². The van der Waals surface area contributed by atoms with Crippen LogP contribution in [0, 0.1) is 5.82 Å². The summed E-state index contributed by atoms with van der Waals surface area (Å²) in [6, 6.07) is 15.8. The van der Waals surface area contributed by atoms with Gasteiger partial charge in [0.05, 0.1) is 11.4 Å². The van der Waals surface area contributed by atoms with Crippen molar-refractivity contribution in [3.05, 3.63) is 60.4 Å². The number of nitrogens with two attached hydrogens (primary N) is 1. The maximum atomic E-state index is 13.7. The molecule has 0 amide bonds. The fourth-order valence-electron chi connectivity index (χ4n) is 1.94. The first-order chi connectivity index (χ1) is 9.24. The minimum Gasteiger partial charge on any atom is -0.399 e. The standard InChI is InChI=1S/C15H12FN3/c16-13-4-2-1-3-12(13)15-9-14(18-19-15)10-5-7-11(17)8-6-10/h1-9H,17H2,(H,18,19). The summed E-state index contributed by atoms with van der Waals surface area (Å²) in [5.41, 5.74) is 9.21. The Balaban J connectivity index is 2.00. The molecule has 1 heterocycles. The van der Waals surface area contributed by atoms with Crippen molar-refractivity contribution in [2.24, 2.45) is 0 Å². The van der Waals surface area contributed by atoms with E-state index in [0.29, 0.717) is 16.9 Å². The van der Waals surface area contributed by atoms with Gasteiger partial charge >= 0.3 is 0 Å². The lowest BCUT2D eigenvalue weighted by atomic mass is 10.1. The van der Waals surface area contributed by atoms with E-state index in [1.54, 1.807) is 18.2 Å². The Morgan fingerprint density at radius 3 is 2.47 bits per heavy atom. The van der Waals surface area contributed by atoms with Crippen LogP contribution in [0.5, 0.6) is 0 Å². The molecule has 0 bridgehead atoms. The number of nitrogens with zero attached hydrogens (tertiary/aromatic N) is 1. The van der Waals surface area contributed by atoms with Gasteiger partial charge in [0.15, 0.2) is 0 Å². The number of benzene rings is 2. The Morgan fingerprint density at radius 1 is 1.00 bits per heavy atom. The monoisotopic (exact) mass is 253 g/mol. The van der Waals surface area contributed by atoms with Crippen molar-refractivity contribution in [1.29, 1.82) is 0 Å². The topological polar surface area (TPSA) is 54.7 Å². The van der Waals surface area contributed by atoms with Crippen molar-refractivity contribution >= 4 is 5.69 Å². The molecule has 0 atom stereocenters. The van der Waals surface area contributed by atoms with Crippen LogP contribution in [-0.4, -0.2) is 10.2 Å². The number of hydrogen-bond acceptors (Lipinski definition) is 2. The summed E-state index contributed by atoms with van der Waals surface area (Å²) in [4.78, 5) is 0. The molecule has 4 heteroatoms. The van der Waals surface area contributed by atoms with E-state index in [2.05, 4.69) is 10.2 Å². The predicted octanol–water partition coefficient (Wildman–Crippen LogP) is 3.47. The predicted molar refractivity (Wildman–Crippen MR) is 73.8 cm³/mol. The van der Waals surface area contributed by atoms with Crippen LogP contribution in [0.3, 0.4) is 0 Å². The zero-order chi connectivity index (χ0) is 13.2. The summed E-state index contributed by atoms with van der Waals surface area (Å²) < 4.78 is 13.7. The van der Waals surface area contributed by atoms with E-state index in [9.17, 15) is 4.39 Å². The molecule has 0 aliphatic carbocycles. The second kappa shape index (κ2) is 4.57. The number of nitrogens with one attached hydrogen (secondary N) is 1. The summed E-state index contributed by atoms with van der Waals surface area (Å²) in [5, 5.41) is 7.06. The van der Waals surface area contributed by atoms with Crippen LogP contribution in [0.2, 0.25) is 0 Å². The minimum atomic E-state index is -0.269. The van der Waals surface area contributed by atoms with Gasteiger partial charge in [0, 0.05) is 16.8 Å². The van der Waals surface area contributed by atoms with E-state index in [-0.39, 0.29) is 5.82 Å². The fraction of sp³-hybridized carbons (Fsp3) is 0. The van der Waals surface area contributed by atoms with Gasteiger partial charge in [-0.3, -0.25) is 5.10 Å². The molecule has 1 aromatic heterocycles. The van der Waals surface area contributed by atoms with Gasteiger partial charge in [0.25, 0.3) is 0 Å².